The first-order valence-corrected chi connectivity index (χ1v) is 19.8. The van der Waals surface area contributed by atoms with E-state index >= 15 is 0 Å². The Labute approximate surface area is 312 Å². The maximum absolute atomic E-state index is 14.2. The molecule has 2 amide bonds. The molecule has 2 N–H and O–H groups in total. The van der Waals surface area contributed by atoms with E-state index in [4.69, 9.17) is 0 Å². The number of benzene rings is 2. The average molecular weight is 714 g/mol. The number of rotatable bonds is 22. The zero-order valence-corrected chi connectivity index (χ0v) is 32.3. The summed E-state index contributed by atoms with van der Waals surface area (Å²) in [5.41, 5.74) is 1.63. The van der Waals surface area contributed by atoms with Crippen molar-refractivity contribution >= 4 is 29.2 Å². The van der Waals surface area contributed by atoms with Crippen LogP contribution in [0.2, 0.25) is 0 Å². The zero-order valence-electron chi connectivity index (χ0n) is 32.3. The number of ketones is 3. The highest BCUT2D eigenvalue weighted by atomic mass is 16.2. The predicted molar refractivity (Wildman–Crippen MR) is 207 cm³/mol. The summed E-state index contributed by atoms with van der Waals surface area (Å²) in [6, 6.07) is 18.2. The Hall–Kier alpha value is -3.65. The van der Waals surface area contributed by atoms with Gasteiger partial charge in [0.05, 0.1) is 18.6 Å². The van der Waals surface area contributed by atoms with Crippen LogP contribution < -0.4 is 10.6 Å². The van der Waals surface area contributed by atoms with Crippen LogP contribution in [0.4, 0.5) is 0 Å². The molecule has 2 aromatic rings. The van der Waals surface area contributed by atoms with Gasteiger partial charge < -0.3 is 10.6 Å². The summed E-state index contributed by atoms with van der Waals surface area (Å²) in [6.07, 6.45) is 7.51. The number of nitrogens with zero attached hydrogens (tertiary/aromatic N) is 1. The summed E-state index contributed by atoms with van der Waals surface area (Å²) in [5, 5.41) is 6.15. The fourth-order valence-electron chi connectivity index (χ4n) is 7.44. The minimum Gasteiger partial charge on any atom is -0.346 e. The minimum absolute atomic E-state index is 0.0481. The van der Waals surface area contributed by atoms with Gasteiger partial charge in [0.15, 0.2) is 11.6 Å². The van der Waals surface area contributed by atoms with Crippen molar-refractivity contribution in [2.24, 2.45) is 29.1 Å². The van der Waals surface area contributed by atoms with E-state index in [0.717, 1.165) is 49.9 Å². The van der Waals surface area contributed by atoms with Crippen LogP contribution in [0.15, 0.2) is 60.7 Å². The van der Waals surface area contributed by atoms with E-state index in [2.05, 4.69) is 15.5 Å². The number of amides is 2. The predicted octanol–water partition coefficient (Wildman–Crippen LogP) is 6.93. The van der Waals surface area contributed by atoms with Crippen LogP contribution in [0.3, 0.4) is 0 Å². The second kappa shape index (κ2) is 20.0. The number of carbonyl (C=O) groups is 5. The van der Waals surface area contributed by atoms with Crippen molar-refractivity contribution in [1.29, 1.82) is 0 Å². The molecule has 2 fully saturated rings. The fraction of sp³-hybridized carbons (Fsp3) is 0.614. The van der Waals surface area contributed by atoms with Gasteiger partial charge >= 0.3 is 0 Å². The van der Waals surface area contributed by atoms with Gasteiger partial charge in [0, 0.05) is 30.1 Å². The lowest BCUT2D eigenvalue weighted by Crippen LogP contribution is -2.49. The third-order valence-corrected chi connectivity index (χ3v) is 10.8. The second-order valence-corrected chi connectivity index (χ2v) is 16.7. The van der Waals surface area contributed by atoms with Gasteiger partial charge in [0.25, 0.3) is 0 Å². The third-order valence-electron chi connectivity index (χ3n) is 10.8. The van der Waals surface area contributed by atoms with Crippen LogP contribution >= 0.6 is 0 Å². The quantitative estimate of drug-likeness (QED) is 0.137. The van der Waals surface area contributed by atoms with Gasteiger partial charge in [-0.15, -0.1) is 0 Å². The summed E-state index contributed by atoms with van der Waals surface area (Å²) in [6.45, 7) is 12.2. The van der Waals surface area contributed by atoms with Crippen molar-refractivity contribution in [3.8, 4) is 0 Å². The zero-order chi connectivity index (χ0) is 37.7. The van der Waals surface area contributed by atoms with E-state index in [1.807, 2.05) is 95.3 Å². The van der Waals surface area contributed by atoms with Gasteiger partial charge in [-0.2, -0.15) is 0 Å². The van der Waals surface area contributed by atoms with Crippen molar-refractivity contribution in [3.05, 3.63) is 71.8 Å². The molecule has 2 aromatic carbocycles. The molecule has 1 heterocycles. The van der Waals surface area contributed by atoms with E-state index in [0.29, 0.717) is 38.6 Å². The van der Waals surface area contributed by atoms with Crippen LogP contribution in [0.1, 0.15) is 110 Å². The lowest BCUT2D eigenvalue weighted by molar-refractivity contribution is -0.135. The van der Waals surface area contributed by atoms with Crippen LogP contribution in [0.25, 0.3) is 0 Å². The smallest absolute Gasteiger partial charge is 0.224 e. The Morgan fingerprint density at radius 2 is 1.23 bits per heavy atom. The lowest BCUT2D eigenvalue weighted by atomic mass is 9.87. The molecule has 0 spiro atoms. The lowest BCUT2D eigenvalue weighted by Gasteiger charge is -2.28. The van der Waals surface area contributed by atoms with Gasteiger partial charge in [-0.25, -0.2) is 0 Å². The summed E-state index contributed by atoms with van der Waals surface area (Å²) >= 11 is 0. The number of carbonyl (C=O) groups excluding carboxylic acids is 5. The highest BCUT2D eigenvalue weighted by molar-refractivity contribution is 5.97. The summed E-state index contributed by atoms with van der Waals surface area (Å²) in [5.74, 6) is -1.66. The van der Waals surface area contributed by atoms with E-state index in [1.54, 1.807) is 0 Å². The van der Waals surface area contributed by atoms with Crippen molar-refractivity contribution < 1.29 is 24.0 Å². The molecule has 0 bridgehead atoms. The highest BCUT2D eigenvalue weighted by Gasteiger charge is 2.48. The first-order chi connectivity index (χ1) is 24.8. The molecule has 0 aromatic heterocycles. The number of hydrogen-bond donors (Lipinski definition) is 2. The van der Waals surface area contributed by atoms with Crippen LogP contribution in [-0.4, -0.2) is 65.8 Å². The van der Waals surface area contributed by atoms with Gasteiger partial charge in [-0.05, 0) is 93.8 Å². The number of aryl methyl sites for hydroxylation is 1. The normalized spacial score (nSPS) is 17.9. The SMILES string of the molecule is CC(C)C[C@H](NC(=O)[C@H](CCc1ccccc1)CC(=O)CN1CCCCC1)C(=O)C[C@@H](Cc1ccccc1)C(=O)N[C@@H](CC(C)C)C(=O)C1(C)CC1. The molecule has 1 saturated carbocycles. The monoisotopic (exact) mass is 713 g/mol. The van der Waals surface area contributed by atoms with Crippen LogP contribution in [0, 0.1) is 29.1 Å². The van der Waals surface area contributed by atoms with Crippen LogP contribution in [-0.2, 0) is 36.8 Å². The van der Waals surface area contributed by atoms with Gasteiger partial charge in [0.1, 0.15) is 5.78 Å². The average Bonchev–Trinajstić information content (AvgIpc) is 3.87. The van der Waals surface area contributed by atoms with Crippen LogP contribution in [0.5, 0.6) is 0 Å². The van der Waals surface area contributed by atoms with Crippen molar-refractivity contribution in [2.75, 3.05) is 19.6 Å². The number of Topliss-reactive ketones (excluding diaryl/α,β-unsaturated/α-hetero) is 3. The molecule has 2 aliphatic rings. The Balaban J connectivity index is 1.51. The van der Waals surface area contributed by atoms with Gasteiger partial charge in [0.2, 0.25) is 11.8 Å². The molecule has 8 heteroatoms. The van der Waals surface area contributed by atoms with Crippen molar-refractivity contribution in [1.82, 2.24) is 15.5 Å². The Morgan fingerprint density at radius 3 is 1.81 bits per heavy atom. The van der Waals surface area contributed by atoms with E-state index in [-0.39, 0.29) is 53.8 Å². The molecule has 284 valence electrons. The molecular formula is C44H63N3O5. The summed E-state index contributed by atoms with van der Waals surface area (Å²) < 4.78 is 0. The molecule has 4 atom stereocenters. The van der Waals surface area contributed by atoms with Gasteiger partial charge in [-0.3, -0.25) is 28.9 Å². The van der Waals surface area contributed by atoms with Gasteiger partial charge in [-0.1, -0.05) is 102 Å². The second-order valence-electron chi connectivity index (χ2n) is 16.7. The summed E-state index contributed by atoms with van der Waals surface area (Å²) in [4.78, 5) is 71.4. The Morgan fingerprint density at radius 1 is 0.692 bits per heavy atom. The number of nitrogens with one attached hydrogen (secondary N) is 2. The number of likely N-dealkylation sites (tertiary alicyclic amines) is 1. The molecular weight excluding hydrogens is 651 g/mol. The molecule has 1 saturated heterocycles. The minimum atomic E-state index is -0.798. The van der Waals surface area contributed by atoms with E-state index in [9.17, 15) is 24.0 Å². The van der Waals surface area contributed by atoms with E-state index in [1.165, 1.54) is 6.42 Å². The Kier molecular flexibility index (Phi) is 15.8. The summed E-state index contributed by atoms with van der Waals surface area (Å²) in [7, 11) is 0. The largest absolute Gasteiger partial charge is 0.346 e. The molecule has 1 aliphatic heterocycles. The first-order valence-electron chi connectivity index (χ1n) is 19.8. The molecule has 52 heavy (non-hydrogen) atoms. The Bertz CT molecular complexity index is 1460. The molecule has 4 rings (SSSR count). The fourth-order valence-corrected chi connectivity index (χ4v) is 7.44. The number of piperidine rings is 1. The number of hydrogen-bond acceptors (Lipinski definition) is 6. The molecule has 0 radical (unpaired) electrons. The molecule has 1 aliphatic carbocycles. The maximum atomic E-state index is 14.2. The molecule has 8 nitrogen and oxygen atoms in total. The van der Waals surface area contributed by atoms with E-state index < -0.39 is 29.3 Å². The first kappa shape index (κ1) is 41.1. The molecule has 0 unspecified atom stereocenters. The highest BCUT2D eigenvalue weighted by Crippen LogP contribution is 2.47. The topological polar surface area (TPSA) is 113 Å². The third kappa shape index (κ3) is 13.4. The van der Waals surface area contributed by atoms with Crippen molar-refractivity contribution in [2.45, 2.75) is 124 Å². The standard InChI is InChI=1S/C44H63N3O5/c1-31(2)25-38(45-42(51)35(20-19-33-15-9-6-10-16-33)28-37(48)30-47-23-13-8-14-24-47)40(49)29-36(27-34-17-11-7-12-18-34)43(52)46-39(26-32(3)4)41(50)44(5)21-22-44/h6-7,9-12,15-18,31-32,35-36,38-39H,8,13-14,19-30H2,1-5H3,(H,45,51)(H,46,52)/t35-,36-,38+,39+/m1/s1. The van der Waals surface area contributed by atoms with Crippen molar-refractivity contribution in [3.63, 3.8) is 0 Å². The maximum Gasteiger partial charge on any atom is 0.224 e.